The summed E-state index contributed by atoms with van der Waals surface area (Å²) in [5.74, 6) is -0.117. The Morgan fingerprint density at radius 1 is 1.18 bits per heavy atom. The second-order valence-corrected chi connectivity index (χ2v) is 8.48. The number of nitrogens with zero attached hydrogens (tertiary/aromatic N) is 4. The van der Waals surface area contributed by atoms with Crippen molar-refractivity contribution in [3.63, 3.8) is 0 Å². The fraction of sp³-hybridized carbons (Fsp3) is 0.200. The number of carbonyl (C=O) groups excluding carboxylic acids is 1. The maximum absolute atomic E-state index is 12.8. The van der Waals surface area contributed by atoms with E-state index in [1.165, 1.54) is 16.2 Å². The summed E-state index contributed by atoms with van der Waals surface area (Å²) in [4.78, 5) is 14.3. The van der Waals surface area contributed by atoms with Crippen molar-refractivity contribution in [2.24, 2.45) is 0 Å². The van der Waals surface area contributed by atoms with Gasteiger partial charge in [0.1, 0.15) is 10.7 Å². The molecular weight excluding hydrogens is 440 g/mol. The number of halogens is 1. The minimum atomic E-state index is -0.117. The number of likely N-dealkylation sites (N-methyl/N-ethyl adjacent to an activating group) is 1. The number of fused-ring (bicyclic) bond motifs is 1. The zero-order valence-electron chi connectivity index (χ0n) is 15.6. The zero-order chi connectivity index (χ0) is 19.8. The molecule has 1 amide bonds. The number of hydrogen-bond acceptors (Lipinski definition) is 6. The van der Waals surface area contributed by atoms with E-state index in [-0.39, 0.29) is 12.3 Å². The molecular formula is C20H17BrN4O2S. The van der Waals surface area contributed by atoms with E-state index in [9.17, 15) is 4.79 Å². The van der Waals surface area contributed by atoms with Crippen molar-refractivity contribution < 1.29 is 9.32 Å². The molecule has 0 saturated carbocycles. The lowest BCUT2D eigenvalue weighted by atomic mass is 10.0. The molecule has 0 aliphatic carbocycles. The van der Waals surface area contributed by atoms with E-state index >= 15 is 0 Å². The predicted molar refractivity (Wildman–Crippen MR) is 114 cm³/mol. The SMILES string of the molecule is Cc1cc(C)c2c(CC(=O)N(C)c3nnc(-c4ccc(Br)cc4)s3)noc2c1. The van der Waals surface area contributed by atoms with Crippen LogP contribution in [0, 0.1) is 13.8 Å². The predicted octanol–water partition coefficient (Wildman–Crippen LogP) is 4.93. The Labute approximate surface area is 174 Å². The van der Waals surface area contributed by atoms with E-state index in [4.69, 9.17) is 4.52 Å². The van der Waals surface area contributed by atoms with Crippen molar-refractivity contribution in [2.75, 3.05) is 11.9 Å². The first kappa shape index (κ1) is 18.8. The average Bonchev–Trinajstić information content (AvgIpc) is 3.29. The highest BCUT2D eigenvalue weighted by Gasteiger charge is 2.21. The summed E-state index contributed by atoms with van der Waals surface area (Å²) in [6.45, 7) is 4.01. The Hall–Kier alpha value is -2.58. The van der Waals surface area contributed by atoms with Gasteiger partial charge in [0.05, 0.1) is 6.42 Å². The summed E-state index contributed by atoms with van der Waals surface area (Å²) in [5.41, 5.74) is 4.46. The highest BCUT2D eigenvalue weighted by atomic mass is 79.9. The Bertz CT molecular complexity index is 1170. The Morgan fingerprint density at radius 2 is 1.93 bits per heavy atom. The number of aryl methyl sites for hydroxylation is 2. The summed E-state index contributed by atoms with van der Waals surface area (Å²) in [7, 11) is 1.70. The van der Waals surface area contributed by atoms with E-state index in [0.717, 1.165) is 31.6 Å². The van der Waals surface area contributed by atoms with Crippen molar-refractivity contribution in [1.82, 2.24) is 15.4 Å². The molecule has 0 spiro atoms. The van der Waals surface area contributed by atoms with Crippen LogP contribution in [0.4, 0.5) is 5.13 Å². The molecule has 142 valence electrons. The second-order valence-electron chi connectivity index (χ2n) is 6.61. The van der Waals surface area contributed by atoms with Gasteiger partial charge < -0.3 is 4.52 Å². The van der Waals surface area contributed by atoms with Gasteiger partial charge in [-0.05, 0) is 43.2 Å². The van der Waals surface area contributed by atoms with Gasteiger partial charge in [0.2, 0.25) is 11.0 Å². The number of amides is 1. The van der Waals surface area contributed by atoms with Crippen molar-refractivity contribution in [2.45, 2.75) is 20.3 Å². The van der Waals surface area contributed by atoms with Gasteiger partial charge in [0.15, 0.2) is 5.58 Å². The third kappa shape index (κ3) is 3.57. The second kappa shape index (κ2) is 7.44. The van der Waals surface area contributed by atoms with Crippen LogP contribution in [0.15, 0.2) is 45.4 Å². The van der Waals surface area contributed by atoms with Crippen molar-refractivity contribution >= 4 is 49.3 Å². The first-order valence-electron chi connectivity index (χ1n) is 8.64. The Morgan fingerprint density at radius 3 is 2.68 bits per heavy atom. The molecule has 4 rings (SSSR count). The average molecular weight is 457 g/mol. The van der Waals surface area contributed by atoms with E-state index in [2.05, 4.69) is 37.4 Å². The summed E-state index contributed by atoms with van der Waals surface area (Å²) in [6.07, 6.45) is 0.139. The van der Waals surface area contributed by atoms with E-state index in [1.807, 2.05) is 44.2 Å². The molecule has 0 radical (unpaired) electrons. The number of rotatable bonds is 4. The highest BCUT2D eigenvalue weighted by Crippen LogP contribution is 2.30. The third-order valence-electron chi connectivity index (χ3n) is 4.47. The minimum absolute atomic E-state index is 0.117. The number of aromatic nitrogens is 3. The number of hydrogen-bond donors (Lipinski definition) is 0. The molecule has 0 aliphatic heterocycles. The molecule has 2 aromatic carbocycles. The maximum atomic E-state index is 12.8. The van der Waals surface area contributed by atoms with Gasteiger partial charge in [0.25, 0.3) is 0 Å². The largest absolute Gasteiger partial charge is 0.356 e. The van der Waals surface area contributed by atoms with Gasteiger partial charge in [-0.25, -0.2) is 0 Å². The Balaban J connectivity index is 1.55. The van der Waals surface area contributed by atoms with Crippen LogP contribution >= 0.6 is 27.3 Å². The molecule has 2 heterocycles. The van der Waals surface area contributed by atoms with Crippen LogP contribution in [0.25, 0.3) is 21.5 Å². The van der Waals surface area contributed by atoms with Crippen molar-refractivity contribution in [3.8, 4) is 10.6 Å². The number of benzene rings is 2. The zero-order valence-corrected chi connectivity index (χ0v) is 18.0. The quantitative estimate of drug-likeness (QED) is 0.435. The molecule has 2 aromatic heterocycles. The fourth-order valence-corrected chi connectivity index (χ4v) is 4.16. The lowest BCUT2D eigenvalue weighted by molar-refractivity contribution is -0.117. The molecule has 6 nitrogen and oxygen atoms in total. The smallest absolute Gasteiger partial charge is 0.234 e. The molecule has 28 heavy (non-hydrogen) atoms. The molecule has 8 heteroatoms. The number of carbonyl (C=O) groups is 1. The molecule has 0 unspecified atom stereocenters. The fourth-order valence-electron chi connectivity index (χ4n) is 3.07. The molecule has 0 N–H and O–H groups in total. The van der Waals surface area contributed by atoms with Crippen LogP contribution < -0.4 is 4.90 Å². The van der Waals surface area contributed by atoms with Gasteiger partial charge in [-0.3, -0.25) is 9.69 Å². The van der Waals surface area contributed by atoms with E-state index in [0.29, 0.717) is 16.4 Å². The van der Waals surface area contributed by atoms with Crippen LogP contribution in [-0.4, -0.2) is 28.3 Å². The van der Waals surface area contributed by atoms with Crippen molar-refractivity contribution in [1.29, 1.82) is 0 Å². The molecule has 0 fully saturated rings. The Kier molecular flexibility index (Phi) is 4.99. The lowest BCUT2D eigenvalue weighted by Gasteiger charge is -2.12. The van der Waals surface area contributed by atoms with Crippen LogP contribution in [0.3, 0.4) is 0 Å². The monoisotopic (exact) mass is 456 g/mol. The highest BCUT2D eigenvalue weighted by molar-refractivity contribution is 9.10. The lowest BCUT2D eigenvalue weighted by Crippen LogP contribution is -2.28. The van der Waals surface area contributed by atoms with Crippen LogP contribution in [-0.2, 0) is 11.2 Å². The topological polar surface area (TPSA) is 72.1 Å². The molecule has 0 atom stereocenters. The minimum Gasteiger partial charge on any atom is -0.356 e. The third-order valence-corrected chi connectivity index (χ3v) is 6.05. The standard InChI is InChI=1S/C20H17BrN4O2S/c1-11-8-12(2)18-15(24-27-16(18)9-11)10-17(26)25(3)20-23-22-19(28-20)13-4-6-14(21)7-5-13/h4-9H,10H2,1-3H3. The van der Waals surface area contributed by atoms with Gasteiger partial charge in [-0.2, -0.15) is 0 Å². The molecule has 4 aromatic rings. The normalized spacial score (nSPS) is 11.1. The van der Waals surface area contributed by atoms with E-state index in [1.54, 1.807) is 7.05 Å². The molecule has 0 bridgehead atoms. The number of anilines is 1. The van der Waals surface area contributed by atoms with Gasteiger partial charge in [0, 0.05) is 22.5 Å². The first-order chi connectivity index (χ1) is 13.4. The maximum Gasteiger partial charge on any atom is 0.234 e. The van der Waals surface area contributed by atoms with Gasteiger partial charge in [-0.15, -0.1) is 10.2 Å². The van der Waals surface area contributed by atoms with Crippen molar-refractivity contribution in [3.05, 3.63) is 57.7 Å². The van der Waals surface area contributed by atoms with Crippen LogP contribution in [0.1, 0.15) is 16.8 Å². The van der Waals surface area contributed by atoms with Gasteiger partial charge >= 0.3 is 0 Å². The van der Waals surface area contributed by atoms with Gasteiger partial charge in [-0.1, -0.05) is 50.6 Å². The van der Waals surface area contributed by atoms with Crippen LogP contribution in [0.5, 0.6) is 0 Å². The summed E-state index contributed by atoms with van der Waals surface area (Å²) >= 11 is 4.79. The summed E-state index contributed by atoms with van der Waals surface area (Å²) < 4.78 is 6.42. The first-order valence-corrected chi connectivity index (χ1v) is 10.2. The van der Waals surface area contributed by atoms with E-state index < -0.39 is 0 Å². The summed E-state index contributed by atoms with van der Waals surface area (Å²) in [6, 6.07) is 11.8. The van der Waals surface area contributed by atoms with Crippen LogP contribution in [0.2, 0.25) is 0 Å². The molecule has 0 saturated heterocycles. The summed E-state index contributed by atoms with van der Waals surface area (Å²) in [5, 5.41) is 14.7. The molecule has 0 aliphatic rings.